The molecular formula is C9H11N5OS. The van der Waals surface area contributed by atoms with Gasteiger partial charge < -0.3 is 5.32 Å². The van der Waals surface area contributed by atoms with E-state index in [1.807, 2.05) is 6.92 Å². The molecule has 16 heavy (non-hydrogen) atoms. The zero-order valence-electron chi connectivity index (χ0n) is 8.97. The summed E-state index contributed by atoms with van der Waals surface area (Å²) in [4.78, 5) is 11.2. The topological polar surface area (TPSA) is 72.7 Å². The zero-order valence-corrected chi connectivity index (χ0v) is 9.78. The summed E-state index contributed by atoms with van der Waals surface area (Å²) in [5.41, 5.74) is 0.518. The molecule has 0 radical (unpaired) electrons. The number of aromatic nitrogens is 4. The number of aryl methyl sites for hydroxylation is 1. The summed E-state index contributed by atoms with van der Waals surface area (Å²) in [7, 11) is 1.61. The maximum atomic E-state index is 11.2. The quantitative estimate of drug-likeness (QED) is 0.852. The van der Waals surface area contributed by atoms with Gasteiger partial charge in [0.15, 0.2) is 5.01 Å². The molecule has 2 heterocycles. The Morgan fingerprint density at radius 3 is 2.94 bits per heavy atom. The van der Waals surface area contributed by atoms with Crippen molar-refractivity contribution >= 4 is 16.5 Å². The molecule has 0 aliphatic rings. The molecule has 6 nitrogen and oxygen atoms in total. The molecule has 0 saturated heterocycles. The second kappa shape index (κ2) is 4.40. The standard InChI is InChI=1S/C9H11N5OS/c1-3-10-9-12-11-8(16-9)6-4-5-7(15)14(2)13-6/h4-5H,3H2,1-2H3,(H,10,12). The highest BCUT2D eigenvalue weighted by atomic mass is 32.1. The fourth-order valence-electron chi connectivity index (χ4n) is 1.17. The molecule has 2 rings (SSSR count). The van der Waals surface area contributed by atoms with Crippen LogP contribution in [0, 0.1) is 0 Å². The first-order valence-corrected chi connectivity index (χ1v) is 5.64. The molecule has 2 aromatic rings. The lowest BCUT2D eigenvalue weighted by atomic mass is 10.4. The Labute approximate surface area is 96.0 Å². The molecule has 0 amide bonds. The van der Waals surface area contributed by atoms with Crippen molar-refractivity contribution in [3.63, 3.8) is 0 Å². The Morgan fingerprint density at radius 2 is 2.25 bits per heavy atom. The van der Waals surface area contributed by atoms with Gasteiger partial charge in [-0.2, -0.15) is 5.10 Å². The van der Waals surface area contributed by atoms with E-state index in [2.05, 4.69) is 20.6 Å². The minimum atomic E-state index is -0.139. The molecule has 0 aliphatic heterocycles. The Morgan fingerprint density at radius 1 is 1.44 bits per heavy atom. The van der Waals surface area contributed by atoms with Gasteiger partial charge in [-0.3, -0.25) is 4.79 Å². The minimum Gasteiger partial charge on any atom is -0.360 e. The van der Waals surface area contributed by atoms with Crippen LogP contribution in [0.4, 0.5) is 5.13 Å². The molecule has 1 N–H and O–H groups in total. The van der Waals surface area contributed by atoms with Gasteiger partial charge in [-0.15, -0.1) is 10.2 Å². The van der Waals surface area contributed by atoms with Gasteiger partial charge in [-0.1, -0.05) is 11.3 Å². The van der Waals surface area contributed by atoms with E-state index < -0.39 is 0 Å². The van der Waals surface area contributed by atoms with Crippen LogP contribution in [0.1, 0.15) is 6.92 Å². The van der Waals surface area contributed by atoms with E-state index in [1.165, 1.54) is 22.1 Å². The van der Waals surface area contributed by atoms with Crippen molar-refractivity contribution in [1.82, 2.24) is 20.0 Å². The van der Waals surface area contributed by atoms with Crippen molar-refractivity contribution in [2.45, 2.75) is 6.92 Å². The van der Waals surface area contributed by atoms with E-state index in [-0.39, 0.29) is 5.56 Å². The summed E-state index contributed by atoms with van der Waals surface area (Å²) in [6.45, 7) is 2.79. The summed E-state index contributed by atoms with van der Waals surface area (Å²) >= 11 is 1.41. The van der Waals surface area contributed by atoms with Crippen LogP contribution in [0.15, 0.2) is 16.9 Å². The highest BCUT2D eigenvalue weighted by molar-refractivity contribution is 7.18. The molecule has 2 aromatic heterocycles. The average Bonchev–Trinajstić information content (AvgIpc) is 2.71. The highest BCUT2D eigenvalue weighted by Crippen LogP contribution is 2.23. The first-order valence-electron chi connectivity index (χ1n) is 4.83. The smallest absolute Gasteiger partial charge is 0.266 e. The van der Waals surface area contributed by atoms with Crippen LogP contribution < -0.4 is 10.9 Å². The fourth-order valence-corrected chi connectivity index (χ4v) is 1.94. The van der Waals surface area contributed by atoms with E-state index in [0.717, 1.165) is 11.7 Å². The molecule has 0 aliphatic carbocycles. The number of hydrogen-bond acceptors (Lipinski definition) is 6. The van der Waals surface area contributed by atoms with Crippen LogP contribution in [0.3, 0.4) is 0 Å². The van der Waals surface area contributed by atoms with E-state index in [4.69, 9.17) is 0 Å². The highest BCUT2D eigenvalue weighted by Gasteiger charge is 2.07. The second-order valence-corrected chi connectivity index (χ2v) is 4.10. The second-order valence-electron chi connectivity index (χ2n) is 3.12. The maximum absolute atomic E-state index is 11.2. The minimum absolute atomic E-state index is 0.139. The largest absolute Gasteiger partial charge is 0.360 e. The summed E-state index contributed by atoms with van der Waals surface area (Å²) in [6.07, 6.45) is 0. The number of anilines is 1. The third kappa shape index (κ3) is 2.08. The van der Waals surface area contributed by atoms with Gasteiger partial charge in [0, 0.05) is 19.7 Å². The third-order valence-electron chi connectivity index (χ3n) is 1.93. The van der Waals surface area contributed by atoms with Crippen molar-refractivity contribution in [3.05, 3.63) is 22.5 Å². The van der Waals surface area contributed by atoms with Gasteiger partial charge in [0.05, 0.1) is 0 Å². The monoisotopic (exact) mass is 237 g/mol. The molecule has 0 atom stereocenters. The predicted octanol–water partition coefficient (Wildman–Crippen LogP) is 0.731. The van der Waals surface area contributed by atoms with Crippen LogP contribution in [0.2, 0.25) is 0 Å². The van der Waals surface area contributed by atoms with Crippen LogP contribution in [-0.2, 0) is 7.05 Å². The Kier molecular flexibility index (Phi) is 2.95. The molecule has 7 heteroatoms. The van der Waals surface area contributed by atoms with Gasteiger partial charge in [0.2, 0.25) is 5.13 Å². The molecule has 0 unspecified atom stereocenters. The Hall–Kier alpha value is -1.76. The van der Waals surface area contributed by atoms with Crippen molar-refractivity contribution in [2.75, 3.05) is 11.9 Å². The van der Waals surface area contributed by atoms with E-state index in [0.29, 0.717) is 10.7 Å². The third-order valence-corrected chi connectivity index (χ3v) is 2.84. The molecule has 0 saturated carbocycles. The number of nitrogens with one attached hydrogen (secondary N) is 1. The zero-order chi connectivity index (χ0) is 11.5. The van der Waals surface area contributed by atoms with Crippen LogP contribution in [0.25, 0.3) is 10.7 Å². The number of nitrogens with zero attached hydrogens (tertiary/aromatic N) is 4. The van der Waals surface area contributed by atoms with Gasteiger partial charge in [-0.25, -0.2) is 4.68 Å². The van der Waals surface area contributed by atoms with Gasteiger partial charge in [0.1, 0.15) is 5.69 Å². The molecule has 0 bridgehead atoms. The molecule has 0 fully saturated rings. The van der Waals surface area contributed by atoms with E-state index in [9.17, 15) is 4.79 Å². The molecule has 0 spiro atoms. The molecule has 0 aromatic carbocycles. The van der Waals surface area contributed by atoms with Crippen molar-refractivity contribution in [3.8, 4) is 10.7 Å². The number of rotatable bonds is 3. The van der Waals surface area contributed by atoms with Crippen molar-refractivity contribution in [1.29, 1.82) is 0 Å². The maximum Gasteiger partial charge on any atom is 0.266 e. The van der Waals surface area contributed by atoms with E-state index in [1.54, 1.807) is 13.1 Å². The normalized spacial score (nSPS) is 10.4. The van der Waals surface area contributed by atoms with Crippen LogP contribution in [-0.4, -0.2) is 26.5 Å². The lowest BCUT2D eigenvalue weighted by Gasteiger charge is -1.97. The predicted molar refractivity (Wildman–Crippen MR) is 62.5 cm³/mol. The summed E-state index contributed by atoms with van der Waals surface area (Å²) < 4.78 is 1.28. The molecular weight excluding hydrogens is 226 g/mol. The average molecular weight is 237 g/mol. The summed E-state index contributed by atoms with van der Waals surface area (Å²) in [5, 5.41) is 16.6. The van der Waals surface area contributed by atoms with E-state index >= 15 is 0 Å². The first kappa shape index (κ1) is 10.7. The first-order chi connectivity index (χ1) is 7.70. The Balaban J connectivity index is 2.35. The Bertz CT molecular complexity index is 547. The summed E-state index contributed by atoms with van der Waals surface area (Å²) in [5.74, 6) is 0. The van der Waals surface area contributed by atoms with Gasteiger partial charge in [0.25, 0.3) is 5.56 Å². The van der Waals surface area contributed by atoms with Crippen molar-refractivity contribution in [2.24, 2.45) is 7.05 Å². The molecule has 84 valence electrons. The number of hydrogen-bond donors (Lipinski definition) is 1. The van der Waals surface area contributed by atoms with Gasteiger partial charge in [-0.05, 0) is 13.0 Å². The van der Waals surface area contributed by atoms with Gasteiger partial charge >= 0.3 is 0 Å². The van der Waals surface area contributed by atoms with Crippen molar-refractivity contribution < 1.29 is 0 Å². The fraction of sp³-hybridized carbons (Fsp3) is 0.333. The summed E-state index contributed by atoms with van der Waals surface area (Å²) in [6, 6.07) is 3.12. The SMILES string of the molecule is CCNc1nnc(-c2ccc(=O)n(C)n2)s1. The van der Waals surface area contributed by atoms with Crippen LogP contribution >= 0.6 is 11.3 Å². The van der Waals surface area contributed by atoms with Crippen LogP contribution in [0.5, 0.6) is 0 Å². The lowest BCUT2D eigenvalue weighted by Crippen LogP contribution is -2.18. The lowest BCUT2D eigenvalue weighted by molar-refractivity contribution is 0.711.